The molecule has 2 fully saturated rings. The Morgan fingerprint density at radius 3 is 2.55 bits per heavy atom. The van der Waals surface area contributed by atoms with Crippen LogP contribution in [0.15, 0.2) is 0 Å². The molecule has 0 radical (unpaired) electrons. The number of thioether (sulfide) groups is 1. The van der Waals surface area contributed by atoms with Gasteiger partial charge in [0.05, 0.1) is 6.61 Å². The molecule has 0 aromatic heterocycles. The predicted molar refractivity (Wildman–Crippen MR) is 105 cm³/mol. The maximum absolute atomic E-state index is 11.9. The van der Waals surface area contributed by atoms with Crippen LogP contribution in [0.25, 0.3) is 0 Å². The summed E-state index contributed by atoms with van der Waals surface area (Å²) in [6.07, 6.45) is -0.278. The van der Waals surface area contributed by atoms with Crippen LogP contribution in [-0.4, -0.2) is 92.8 Å². The molecule has 29 heavy (non-hydrogen) atoms. The summed E-state index contributed by atoms with van der Waals surface area (Å²) < 4.78 is 0. The average Bonchev–Trinajstić information content (AvgIpc) is 2.96. The molecule has 3 amide bonds. The molecule has 2 aliphatic heterocycles. The third kappa shape index (κ3) is 5.61. The SMILES string of the molecule is CC(C)(CO)[C@@H](O)C(=O)NCCC(=O)NCCS[C@@H]1C[C@H]2CC(=O)N2[C@@H]1C(=O)O. The van der Waals surface area contributed by atoms with E-state index in [-0.39, 0.29) is 42.7 Å². The monoisotopic (exact) mass is 431 g/mol. The number of aliphatic carboxylic acids is 1. The Morgan fingerprint density at radius 1 is 1.28 bits per heavy atom. The van der Waals surface area contributed by atoms with Crippen LogP contribution in [0.4, 0.5) is 0 Å². The van der Waals surface area contributed by atoms with Crippen molar-refractivity contribution in [3.63, 3.8) is 0 Å². The smallest absolute Gasteiger partial charge is 0.327 e. The number of nitrogens with zero attached hydrogens (tertiary/aromatic N) is 1. The summed E-state index contributed by atoms with van der Waals surface area (Å²) in [5.41, 5.74) is -0.974. The van der Waals surface area contributed by atoms with Gasteiger partial charge in [0.1, 0.15) is 12.1 Å². The normalized spacial score (nSPS) is 24.5. The molecule has 0 saturated carbocycles. The molecule has 2 aliphatic rings. The average molecular weight is 432 g/mol. The Hall–Kier alpha value is -1.85. The number of carboxylic acids is 1. The lowest BCUT2D eigenvalue weighted by Gasteiger charge is -2.37. The minimum atomic E-state index is -1.38. The Bertz CT molecular complexity index is 657. The molecule has 4 atom stereocenters. The van der Waals surface area contributed by atoms with Crippen molar-refractivity contribution in [1.29, 1.82) is 0 Å². The largest absolute Gasteiger partial charge is 0.480 e. The highest BCUT2D eigenvalue weighted by molar-refractivity contribution is 8.00. The zero-order chi connectivity index (χ0) is 21.8. The fraction of sp³-hybridized carbons (Fsp3) is 0.778. The van der Waals surface area contributed by atoms with Gasteiger partial charge in [-0.1, -0.05) is 13.8 Å². The Kier molecular flexibility index (Phi) is 7.89. The standard InChI is InChI=1S/C18H29N3O7S/c1-18(2,9-22)15(25)16(26)20-4-3-12(23)19-5-6-29-11-7-10-8-13(24)21(10)14(11)17(27)28/h10-11,14-15,22,25H,3-9H2,1-2H3,(H,19,23)(H,20,26)(H,27,28)/t10-,11+,14-,15-/m0/s1. The van der Waals surface area contributed by atoms with E-state index in [0.29, 0.717) is 25.1 Å². The summed E-state index contributed by atoms with van der Waals surface area (Å²) in [5.74, 6) is -1.52. The van der Waals surface area contributed by atoms with Crippen molar-refractivity contribution in [3.8, 4) is 0 Å². The molecule has 2 rings (SSSR count). The zero-order valence-electron chi connectivity index (χ0n) is 16.6. The van der Waals surface area contributed by atoms with Crippen molar-refractivity contribution in [2.75, 3.05) is 25.4 Å². The predicted octanol–water partition coefficient (Wildman–Crippen LogP) is -1.45. The molecule has 2 heterocycles. The third-order valence-corrected chi connectivity index (χ3v) is 6.62. The van der Waals surface area contributed by atoms with Crippen LogP contribution in [0, 0.1) is 5.41 Å². The van der Waals surface area contributed by atoms with E-state index in [4.69, 9.17) is 5.11 Å². The van der Waals surface area contributed by atoms with E-state index in [1.807, 2.05) is 0 Å². The van der Waals surface area contributed by atoms with Gasteiger partial charge < -0.3 is 30.9 Å². The second-order valence-corrected chi connectivity index (χ2v) is 9.37. The first-order valence-electron chi connectivity index (χ1n) is 9.57. The van der Waals surface area contributed by atoms with Gasteiger partial charge in [-0.15, -0.1) is 0 Å². The lowest BCUT2D eigenvalue weighted by atomic mass is 9.87. The molecule has 11 heteroatoms. The van der Waals surface area contributed by atoms with Crippen LogP contribution in [0.5, 0.6) is 0 Å². The summed E-state index contributed by atoms with van der Waals surface area (Å²) in [7, 11) is 0. The molecule has 0 aromatic rings. The fourth-order valence-corrected chi connectivity index (χ4v) is 4.73. The first-order valence-corrected chi connectivity index (χ1v) is 10.6. The van der Waals surface area contributed by atoms with Crippen molar-refractivity contribution >= 4 is 35.5 Å². The molecule has 0 unspecified atom stereocenters. The summed E-state index contributed by atoms with van der Waals surface area (Å²) in [4.78, 5) is 48.2. The van der Waals surface area contributed by atoms with E-state index >= 15 is 0 Å². The Labute approximate surface area is 173 Å². The fourth-order valence-electron chi connectivity index (χ4n) is 3.42. The highest BCUT2D eigenvalue weighted by Gasteiger charge is 2.53. The number of rotatable bonds is 11. The summed E-state index contributed by atoms with van der Waals surface area (Å²) in [6, 6.07) is -0.780. The number of fused-ring (bicyclic) bond motifs is 1. The zero-order valence-corrected chi connectivity index (χ0v) is 17.4. The van der Waals surface area contributed by atoms with Crippen molar-refractivity contribution in [2.45, 2.75) is 56.5 Å². The van der Waals surface area contributed by atoms with Crippen LogP contribution in [0.2, 0.25) is 0 Å². The van der Waals surface area contributed by atoms with E-state index in [9.17, 15) is 29.4 Å². The van der Waals surface area contributed by atoms with Gasteiger partial charge in [-0.05, 0) is 6.42 Å². The Morgan fingerprint density at radius 2 is 1.97 bits per heavy atom. The number of aliphatic hydroxyl groups excluding tert-OH is 2. The maximum Gasteiger partial charge on any atom is 0.327 e. The molecule has 10 nitrogen and oxygen atoms in total. The molecular weight excluding hydrogens is 402 g/mol. The number of hydrogen-bond donors (Lipinski definition) is 5. The van der Waals surface area contributed by atoms with Gasteiger partial charge in [0.15, 0.2) is 0 Å². The van der Waals surface area contributed by atoms with Gasteiger partial charge in [0.25, 0.3) is 0 Å². The van der Waals surface area contributed by atoms with Crippen molar-refractivity contribution in [2.24, 2.45) is 5.41 Å². The first kappa shape index (κ1) is 23.4. The van der Waals surface area contributed by atoms with Gasteiger partial charge in [-0.3, -0.25) is 14.4 Å². The van der Waals surface area contributed by atoms with Crippen LogP contribution in [0.3, 0.4) is 0 Å². The molecule has 5 N–H and O–H groups in total. The first-order chi connectivity index (χ1) is 13.6. The molecule has 2 saturated heterocycles. The Balaban J connectivity index is 1.62. The molecule has 0 aromatic carbocycles. The van der Waals surface area contributed by atoms with Crippen molar-refractivity contribution < 1.29 is 34.5 Å². The second kappa shape index (κ2) is 9.77. The third-order valence-electron chi connectivity index (χ3n) is 5.30. The number of carboxylic acid groups (broad SMARTS) is 1. The number of β-lactam (4-membered cyclic amide) rings is 1. The number of aliphatic hydroxyl groups is 2. The minimum absolute atomic E-state index is 0.0189. The lowest BCUT2D eigenvalue weighted by molar-refractivity contribution is -0.156. The summed E-state index contributed by atoms with van der Waals surface area (Å²) in [5, 5.41) is 33.4. The van der Waals surface area contributed by atoms with Crippen molar-refractivity contribution in [3.05, 3.63) is 0 Å². The molecule has 0 spiro atoms. The van der Waals surface area contributed by atoms with Crippen LogP contribution >= 0.6 is 11.8 Å². The number of hydrogen-bond acceptors (Lipinski definition) is 7. The summed E-state index contributed by atoms with van der Waals surface area (Å²) in [6.45, 7) is 3.16. The maximum atomic E-state index is 11.9. The summed E-state index contributed by atoms with van der Waals surface area (Å²) >= 11 is 1.43. The minimum Gasteiger partial charge on any atom is -0.480 e. The van der Waals surface area contributed by atoms with Gasteiger partial charge in [0.2, 0.25) is 17.7 Å². The van der Waals surface area contributed by atoms with Gasteiger partial charge in [-0.2, -0.15) is 11.8 Å². The number of amides is 3. The van der Waals surface area contributed by atoms with E-state index in [0.717, 1.165) is 0 Å². The van der Waals surface area contributed by atoms with Gasteiger partial charge in [0, 0.05) is 48.4 Å². The molecular formula is C18H29N3O7S. The second-order valence-electron chi connectivity index (χ2n) is 8.03. The van der Waals surface area contributed by atoms with Crippen LogP contribution in [-0.2, 0) is 19.2 Å². The lowest BCUT2D eigenvalue weighted by Crippen LogP contribution is -2.55. The number of nitrogens with one attached hydrogen (secondary N) is 2. The van der Waals surface area contributed by atoms with Crippen LogP contribution in [0.1, 0.15) is 33.1 Å². The van der Waals surface area contributed by atoms with Crippen molar-refractivity contribution in [1.82, 2.24) is 15.5 Å². The highest BCUT2D eigenvalue weighted by atomic mass is 32.2. The van der Waals surface area contributed by atoms with E-state index in [1.165, 1.54) is 16.7 Å². The van der Waals surface area contributed by atoms with Gasteiger partial charge in [-0.25, -0.2) is 4.79 Å². The van der Waals surface area contributed by atoms with Crippen LogP contribution < -0.4 is 10.6 Å². The quantitative estimate of drug-likeness (QED) is 0.196. The molecule has 0 aliphatic carbocycles. The van der Waals surface area contributed by atoms with E-state index in [1.54, 1.807) is 13.8 Å². The number of carbonyl (C=O) groups is 4. The topological polar surface area (TPSA) is 156 Å². The number of carbonyl (C=O) groups excluding carboxylic acids is 3. The highest BCUT2D eigenvalue weighted by Crippen LogP contribution is 2.40. The van der Waals surface area contributed by atoms with E-state index in [2.05, 4.69) is 10.6 Å². The van der Waals surface area contributed by atoms with Gasteiger partial charge >= 0.3 is 5.97 Å². The van der Waals surface area contributed by atoms with E-state index < -0.39 is 29.4 Å². The molecule has 164 valence electrons. The molecule has 0 bridgehead atoms.